The van der Waals surface area contributed by atoms with E-state index in [4.69, 9.17) is 30.5 Å². The minimum Gasteiger partial charge on any atom is -0.455 e. The molecule has 0 aromatic heterocycles. The van der Waals surface area contributed by atoms with E-state index in [0.717, 1.165) is 0 Å². The largest absolute Gasteiger partial charge is 0.455 e. The fourth-order valence-electron chi connectivity index (χ4n) is 1.73. The number of esters is 3. The first-order valence-corrected chi connectivity index (χ1v) is 6.11. The molecule has 0 saturated carbocycles. The van der Waals surface area contributed by atoms with Crippen molar-refractivity contribution in [1.82, 2.24) is 0 Å². The highest BCUT2D eigenvalue weighted by molar-refractivity contribution is 6.18. The Morgan fingerprint density at radius 1 is 0.947 bits per heavy atom. The van der Waals surface area contributed by atoms with Gasteiger partial charge in [0.05, 0.1) is 5.88 Å². The molecule has 108 valence electrons. The van der Waals surface area contributed by atoms with Gasteiger partial charge in [-0.25, -0.2) is 0 Å². The van der Waals surface area contributed by atoms with Crippen LogP contribution in [0.4, 0.5) is 0 Å². The molecule has 4 atom stereocenters. The molecule has 19 heavy (non-hydrogen) atoms. The molecule has 0 aromatic rings. The van der Waals surface area contributed by atoms with Crippen LogP contribution in [-0.2, 0) is 33.3 Å². The van der Waals surface area contributed by atoms with Crippen LogP contribution in [0.25, 0.3) is 0 Å². The van der Waals surface area contributed by atoms with Crippen molar-refractivity contribution in [2.45, 2.75) is 45.4 Å². The van der Waals surface area contributed by atoms with Crippen LogP contribution in [0, 0.1) is 0 Å². The lowest BCUT2D eigenvalue weighted by Gasteiger charge is -2.22. The average molecular weight is 295 g/mol. The molecule has 0 amide bonds. The Kier molecular flexibility index (Phi) is 5.56. The van der Waals surface area contributed by atoms with Crippen LogP contribution in [0.5, 0.6) is 0 Å². The normalized spacial score (nSPS) is 29.7. The van der Waals surface area contributed by atoms with Crippen molar-refractivity contribution < 1.29 is 33.3 Å². The van der Waals surface area contributed by atoms with Gasteiger partial charge >= 0.3 is 17.9 Å². The summed E-state index contributed by atoms with van der Waals surface area (Å²) in [7, 11) is 0. The molecule has 0 aromatic carbocycles. The lowest BCUT2D eigenvalue weighted by molar-refractivity contribution is -0.194. The van der Waals surface area contributed by atoms with Crippen LogP contribution in [0.3, 0.4) is 0 Å². The molecule has 0 unspecified atom stereocenters. The van der Waals surface area contributed by atoms with Crippen LogP contribution >= 0.6 is 11.6 Å². The van der Waals surface area contributed by atoms with E-state index >= 15 is 0 Å². The van der Waals surface area contributed by atoms with Gasteiger partial charge in [0.25, 0.3) is 0 Å². The predicted molar refractivity (Wildman–Crippen MR) is 62.3 cm³/mol. The number of alkyl halides is 1. The Hall–Kier alpha value is -1.34. The highest BCUT2D eigenvalue weighted by atomic mass is 35.5. The number of halogens is 1. The molecule has 7 nitrogen and oxygen atoms in total. The van der Waals surface area contributed by atoms with E-state index in [9.17, 15) is 14.4 Å². The summed E-state index contributed by atoms with van der Waals surface area (Å²) in [4.78, 5) is 33.1. The fourth-order valence-corrected chi connectivity index (χ4v) is 1.97. The molecule has 0 aliphatic carbocycles. The Balaban J connectivity index is 2.90. The molecule has 1 fully saturated rings. The van der Waals surface area contributed by atoms with Gasteiger partial charge in [-0.05, 0) is 0 Å². The quantitative estimate of drug-likeness (QED) is 0.420. The Labute approximate surface area is 115 Å². The standard InChI is InChI=1S/C11H15ClO7/c1-5(13)16-9-8(4-12)19-11(18-7(3)15)10(9)17-6(2)14/h8-11H,4H2,1-3H3/t8-,9-,10-,11-/m1/s1. The number of ether oxygens (including phenoxy) is 4. The van der Waals surface area contributed by atoms with Gasteiger partial charge in [-0.1, -0.05) is 0 Å². The summed E-state index contributed by atoms with van der Waals surface area (Å²) in [5.41, 5.74) is 0. The van der Waals surface area contributed by atoms with Crippen molar-refractivity contribution >= 4 is 29.5 Å². The second-order valence-corrected chi connectivity index (χ2v) is 4.26. The molecule has 1 aliphatic rings. The maximum atomic E-state index is 11.1. The van der Waals surface area contributed by atoms with Crippen molar-refractivity contribution in [3.63, 3.8) is 0 Å². The summed E-state index contributed by atoms with van der Waals surface area (Å²) in [6.45, 7) is 3.57. The Morgan fingerprint density at radius 2 is 1.42 bits per heavy atom. The number of carbonyl (C=O) groups is 3. The van der Waals surface area contributed by atoms with E-state index in [0.29, 0.717) is 0 Å². The molecule has 1 aliphatic heterocycles. The summed E-state index contributed by atoms with van der Waals surface area (Å²) >= 11 is 5.69. The van der Waals surface area contributed by atoms with E-state index < -0.39 is 42.5 Å². The minimum atomic E-state index is -1.14. The fraction of sp³-hybridized carbons (Fsp3) is 0.727. The third-order valence-electron chi connectivity index (χ3n) is 2.31. The first-order valence-electron chi connectivity index (χ1n) is 5.58. The molecule has 1 rings (SSSR count). The SMILES string of the molecule is CC(=O)O[C@@H]1O[C@H](CCl)[C@@H](OC(C)=O)[C@H]1OC(C)=O. The van der Waals surface area contributed by atoms with Gasteiger partial charge in [-0.15, -0.1) is 11.6 Å². The first-order chi connectivity index (χ1) is 8.85. The predicted octanol–water partition coefficient (Wildman–Crippen LogP) is 0.377. The summed E-state index contributed by atoms with van der Waals surface area (Å²) in [6.07, 6.45) is -3.81. The van der Waals surface area contributed by atoms with Crippen LogP contribution in [0.15, 0.2) is 0 Å². The van der Waals surface area contributed by atoms with E-state index in [1.54, 1.807) is 0 Å². The second kappa shape index (κ2) is 6.72. The van der Waals surface area contributed by atoms with E-state index in [-0.39, 0.29) is 5.88 Å². The summed E-state index contributed by atoms with van der Waals surface area (Å²) in [6, 6.07) is 0. The Morgan fingerprint density at radius 3 is 1.84 bits per heavy atom. The van der Waals surface area contributed by atoms with Gasteiger partial charge < -0.3 is 18.9 Å². The third kappa shape index (κ3) is 4.36. The maximum Gasteiger partial charge on any atom is 0.305 e. The van der Waals surface area contributed by atoms with Crippen molar-refractivity contribution in [3.05, 3.63) is 0 Å². The molecule has 8 heteroatoms. The zero-order chi connectivity index (χ0) is 14.6. The number of rotatable bonds is 4. The van der Waals surface area contributed by atoms with Crippen molar-refractivity contribution in [3.8, 4) is 0 Å². The second-order valence-electron chi connectivity index (χ2n) is 3.95. The maximum absolute atomic E-state index is 11.1. The van der Waals surface area contributed by atoms with Crippen LogP contribution in [0.1, 0.15) is 20.8 Å². The minimum absolute atomic E-state index is 0.00647. The zero-order valence-electron chi connectivity index (χ0n) is 10.8. The summed E-state index contributed by atoms with van der Waals surface area (Å²) < 4.78 is 20.2. The van der Waals surface area contributed by atoms with E-state index in [1.165, 1.54) is 20.8 Å². The van der Waals surface area contributed by atoms with Gasteiger partial charge in [0, 0.05) is 20.8 Å². The monoisotopic (exact) mass is 294 g/mol. The van der Waals surface area contributed by atoms with E-state index in [1.807, 2.05) is 0 Å². The molecular weight excluding hydrogens is 280 g/mol. The van der Waals surface area contributed by atoms with Gasteiger partial charge in [0.2, 0.25) is 12.4 Å². The van der Waals surface area contributed by atoms with Gasteiger partial charge in [-0.3, -0.25) is 14.4 Å². The van der Waals surface area contributed by atoms with Crippen LogP contribution in [-0.4, -0.2) is 48.4 Å². The first kappa shape index (κ1) is 15.7. The number of hydrogen-bond donors (Lipinski definition) is 0. The average Bonchev–Trinajstić information content (AvgIpc) is 2.55. The van der Waals surface area contributed by atoms with Gasteiger partial charge in [0.15, 0.2) is 6.10 Å². The lowest BCUT2D eigenvalue weighted by atomic mass is 10.1. The summed E-state index contributed by atoms with van der Waals surface area (Å²) in [5, 5.41) is 0. The zero-order valence-corrected chi connectivity index (χ0v) is 11.5. The molecule has 1 heterocycles. The third-order valence-corrected chi connectivity index (χ3v) is 2.61. The van der Waals surface area contributed by atoms with Crippen molar-refractivity contribution in [1.29, 1.82) is 0 Å². The molecule has 0 radical (unpaired) electrons. The molecule has 0 spiro atoms. The summed E-state index contributed by atoms with van der Waals surface area (Å²) in [5.74, 6) is -1.81. The van der Waals surface area contributed by atoms with Crippen molar-refractivity contribution in [2.75, 3.05) is 5.88 Å². The lowest BCUT2D eigenvalue weighted by Crippen LogP contribution is -2.41. The molecule has 0 N–H and O–H groups in total. The van der Waals surface area contributed by atoms with Crippen LogP contribution in [0.2, 0.25) is 0 Å². The van der Waals surface area contributed by atoms with Gasteiger partial charge in [0.1, 0.15) is 6.10 Å². The van der Waals surface area contributed by atoms with E-state index in [2.05, 4.69) is 0 Å². The molecule has 0 bridgehead atoms. The molecule has 1 saturated heterocycles. The number of carbonyl (C=O) groups excluding carboxylic acids is 3. The van der Waals surface area contributed by atoms with Crippen LogP contribution < -0.4 is 0 Å². The Bertz CT molecular complexity index is 370. The topological polar surface area (TPSA) is 88.1 Å². The smallest absolute Gasteiger partial charge is 0.305 e. The highest BCUT2D eigenvalue weighted by Gasteiger charge is 2.50. The highest BCUT2D eigenvalue weighted by Crippen LogP contribution is 2.28. The van der Waals surface area contributed by atoms with Crippen molar-refractivity contribution in [2.24, 2.45) is 0 Å². The number of hydrogen-bond acceptors (Lipinski definition) is 7. The molecular formula is C11H15ClO7. The van der Waals surface area contributed by atoms with Gasteiger partial charge in [-0.2, -0.15) is 0 Å².